The molecular weight excluding hydrogens is 269 g/mol. The number of halogens is 2. The zero-order chi connectivity index (χ0) is 14.3. The van der Waals surface area contributed by atoms with Gasteiger partial charge in [0.2, 0.25) is 0 Å². The summed E-state index contributed by atoms with van der Waals surface area (Å²) in [6, 6.07) is 4.75. The van der Waals surface area contributed by atoms with Crippen molar-refractivity contribution < 1.29 is 14.3 Å². The molecule has 106 valence electrons. The van der Waals surface area contributed by atoms with Crippen molar-refractivity contribution in [3.05, 3.63) is 34.6 Å². The van der Waals surface area contributed by atoms with E-state index in [4.69, 9.17) is 16.7 Å². The SMILES string of the molecule is CC(CCNCc1cccc(F)c1Cl)CCC(=O)O. The molecule has 1 aromatic rings. The molecule has 0 spiro atoms. The summed E-state index contributed by atoms with van der Waals surface area (Å²) in [6.07, 6.45) is 1.77. The van der Waals surface area contributed by atoms with Crippen LogP contribution in [0.15, 0.2) is 18.2 Å². The Labute approximate surface area is 117 Å². The summed E-state index contributed by atoms with van der Waals surface area (Å²) in [6.45, 7) is 3.30. The van der Waals surface area contributed by atoms with Gasteiger partial charge in [0.05, 0.1) is 5.02 Å². The van der Waals surface area contributed by atoms with Crippen molar-refractivity contribution in [2.24, 2.45) is 5.92 Å². The number of carboxylic acid groups (broad SMARTS) is 1. The monoisotopic (exact) mass is 287 g/mol. The van der Waals surface area contributed by atoms with Crippen molar-refractivity contribution in [2.75, 3.05) is 6.54 Å². The molecule has 1 aromatic carbocycles. The molecule has 0 heterocycles. The van der Waals surface area contributed by atoms with E-state index in [1.807, 2.05) is 6.92 Å². The first-order chi connectivity index (χ1) is 9.00. The maximum atomic E-state index is 13.2. The minimum atomic E-state index is -0.758. The highest BCUT2D eigenvalue weighted by molar-refractivity contribution is 6.31. The van der Waals surface area contributed by atoms with E-state index in [0.29, 0.717) is 18.9 Å². The minimum Gasteiger partial charge on any atom is -0.481 e. The van der Waals surface area contributed by atoms with Gasteiger partial charge in [-0.05, 0) is 36.9 Å². The Kier molecular flexibility index (Phi) is 6.81. The Morgan fingerprint density at radius 1 is 1.47 bits per heavy atom. The van der Waals surface area contributed by atoms with E-state index < -0.39 is 11.8 Å². The van der Waals surface area contributed by atoms with Gasteiger partial charge < -0.3 is 10.4 Å². The molecule has 19 heavy (non-hydrogen) atoms. The van der Waals surface area contributed by atoms with Crippen LogP contribution in [0.5, 0.6) is 0 Å². The van der Waals surface area contributed by atoms with Crippen LogP contribution < -0.4 is 5.32 Å². The molecule has 0 amide bonds. The number of hydrogen-bond donors (Lipinski definition) is 2. The molecule has 0 aliphatic carbocycles. The van der Waals surface area contributed by atoms with Crippen molar-refractivity contribution in [1.82, 2.24) is 5.32 Å². The fourth-order valence-corrected chi connectivity index (χ4v) is 1.96. The third kappa shape index (κ3) is 6.03. The Hall–Kier alpha value is -1.13. The van der Waals surface area contributed by atoms with Crippen LogP contribution in [0.2, 0.25) is 5.02 Å². The van der Waals surface area contributed by atoms with Crippen LogP contribution in [0.4, 0.5) is 4.39 Å². The number of rotatable bonds is 8. The lowest BCUT2D eigenvalue weighted by molar-refractivity contribution is -0.137. The Balaban J connectivity index is 2.23. The Morgan fingerprint density at radius 3 is 2.89 bits per heavy atom. The molecule has 0 saturated heterocycles. The first-order valence-electron chi connectivity index (χ1n) is 6.36. The summed E-state index contributed by atoms with van der Waals surface area (Å²) in [4.78, 5) is 10.4. The summed E-state index contributed by atoms with van der Waals surface area (Å²) in [7, 11) is 0. The van der Waals surface area contributed by atoms with Gasteiger partial charge in [0.15, 0.2) is 0 Å². The van der Waals surface area contributed by atoms with Gasteiger partial charge >= 0.3 is 5.97 Å². The maximum absolute atomic E-state index is 13.2. The molecule has 0 bridgehead atoms. The van der Waals surface area contributed by atoms with Crippen LogP contribution >= 0.6 is 11.6 Å². The van der Waals surface area contributed by atoms with Crippen LogP contribution in [0.25, 0.3) is 0 Å². The molecule has 2 N–H and O–H groups in total. The highest BCUT2D eigenvalue weighted by Crippen LogP contribution is 2.19. The second-order valence-electron chi connectivity index (χ2n) is 4.72. The van der Waals surface area contributed by atoms with E-state index in [1.165, 1.54) is 6.07 Å². The van der Waals surface area contributed by atoms with Crippen LogP contribution in [-0.2, 0) is 11.3 Å². The largest absolute Gasteiger partial charge is 0.481 e. The summed E-state index contributed by atoms with van der Waals surface area (Å²) in [5, 5.41) is 11.9. The molecule has 0 radical (unpaired) electrons. The number of hydrogen-bond acceptors (Lipinski definition) is 2. The number of nitrogens with one attached hydrogen (secondary N) is 1. The quantitative estimate of drug-likeness (QED) is 0.720. The maximum Gasteiger partial charge on any atom is 0.303 e. The number of benzene rings is 1. The zero-order valence-electron chi connectivity index (χ0n) is 11.0. The standard InChI is InChI=1S/C14H19ClFNO2/c1-10(5-6-13(18)19)7-8-17-9-11-3-2-4-12(16)14(11)15/h2-4,10,17H,5-9H2,1H3,(H,18,19). The second kappa shape index (κ2) is 8.12. The van der Waals surface area contributed by atoms with Crippen molar-refractivity contribution in [3.8, 4) is 0 Å². The Bertz CT molecular complexity index is 426. The molecule has 0 aliphatic heterocycles. The summed E-state index contributed by atoms with van der Waals surface area (Å²) < 4.78 is 13.2. The van der Waals surface area contributed by atoms with Crippen molar-refractivity contribution >= 4 is 17.6 Å². The molecular formula is C14H19ClFNO2. The van der Waals surface area contributed by atoms with Crippen molar-refractivity contribution in [1.29, 1.82) is 0 Å². The van der Waals surface area contributed by atoms with Crippen molar-refractivity contribution in [3.63, 3.8) is 0 Å². The summed E-state index contributed by atoms with van der Waals surface area (Å²) in [5.74, 6) is -0.811. The fraction of sp³-hybridized carbons (Fsp3) is 0.500. The lowest BCUT2D eigenvalue weighted by Gasteiger charge is -2.11. The average Bonchev–Trinajstić information content (AvgIpc) is 2.37. The van der Waals surface area contributed by atoms with Crippen LogP contribution in [0, 0.1) is 11.7 Å². The third-order valence-corrected chi connectivity index (χ3v) is 3.44. The predicted molar refractivity (Wildman–Crippen MR) is 73.8 cm³/mol. The number of carbonyl (C=O) groups is 1. The van der Waals surface area contributed by atoms with E-state index in [2.05, 4.69) is 5.32 Å². The Morgan fingerprint density at radius 2 is 2.21 bits per heavy atom. The van der Waals surface area contributed by atoms with Gasteiger partial charge in [-0.3, -0.25) is 4.79 Å². The first-order valence-corrected chi connectivity index (χ1v) is 6.74. The molecule has 1 unspecified atom stereocenters. The second-order valence-corrected chi connectivity index (χ2v) is 5.09. The molecule has 1 rings (SSSR count). The smallest absolute Gasteiger partial charge is 0.303 e. The summed E-state index contributed by atoms with van der Waals surface area (Å²) >= 11 is 5.84. The van der Waals surface area contributed by atoms with Crippen LogP contribution in [0.1, 0.15) is 31.7 Å². The van der Waals surface area contributed by atoms with Crippen molar-refractivity contribution in [2.45, 2.75) is 32.7 Å². The normalized spacial score (nSPS) is 12.4. The van der Waals surface area contributed by atoms with Gasteiger partial charge in [0, 0.05) is 13.0 Å². The summed E-state index contributed by atoms with van der Waals surface area (Å²) in [5.41, 5.74) is 0.736. The predicted octanol–water partition coefficient (Wildman–Crippen LogP) is 3.46. The van der Waals surface area contributed by atoms with E-state index in [1.54, 1.807) is 12.1 Å². The van der Waals surface area contributed by atoms with Gasteiger partial charge in [-0.2, -0.15) is 0 Å². The first kappa shape index (κ1) is 15.9. The highest BCUT2D eigenvalue weighted by atomic mass is 35.5. The zero-order valence-corrected chi connectivity index (χ0v) is 11.7. The fourth-order valence-electron chi connectivity index (χ4n) is 1.77. The van der Waals surface area contributed by atoms with E-state index >= 15 is 0 Å². The van der Waals surface area contributed by atoms with E-state index in [0.717, 1.165) is 18.5 Å². The number of carboxylic acids is 1. The van der Waals surface area contributed by atoms with Gasteiger partial charge in [-0.1, -0.05) is 30.7 Å². The van der Waals surface area contributed by atoms with E-state index in [9.17, 15) is 9.18 Å². The molecule has 5 heteroatoms. The molecule has 0 saturated carbocycles. The molecule has 1 atom stereocenters. The van der Waals surface area contributed by atoms with Gasteiger partial charge in [0.1, 0.15) is 5.82 Å². The van der Waals surface area contributed by atoms with Crippen LogP contribution in [-0.4, -0.2) is 17.6 Å². The lowest BCUT2D eigenvalue weighted by atomic mass is 10.0. The molecule has 3 nitrogen and oxygen atoms in total. The minimum absolute atomic E-state index is 0.161. The van der Waals surface area contributed by atoms with Gasteiger partial charge in [0.25, 0.3) is 0 Å². The van der Waals surface area contributed by atoms with Crippen LogP contribution in [0.3, 0.4) is 0 Å². The van der Waals surface area contributed by atoms with Gasteiger partial charge in [-0.15, -0.1) is 0 Å². The lowest BCUT2D eigenvalue weighted by Crippen LogP contribution is -2.17. The van der Waals surface area contributed by atoms with Gasteiger partial charge in [-0.25, -0.2) is 4.39 Å². The molecule has 0 fully saturated rings. The average molecular weight is 288 g/mol. The molecule has 0 aromatic heterocycles. The number of aliphatic carboxylic acids is 1. The third-order valence-electron chi connectivity index (χ3n) is 3.01. The van der Waals surface area contributed by atoms with E-state index in [-0.39, 0.29) is 11.4 Å². The topological polar surface area (TPSA) is 49.3 Å². The molecule has 0 aliphatic rings. The highest BCUT2D eigenvalue weighted by Gasteiger charge is 2.07.